The number of nitrogens with zero attached hydrogens (tertiary/aromatic N) is 1. The van der Waals surface area contributed by atoms with E-state index in [2.05, 4.69) is 11.4 Å². The quantitative estimate of drug-likeness (QED) is 0.820. The summed E-state index contributed by atoms with van der Waals surface area (Å²) >= 11 is 0. The smallest absolute Gasteiger partial charge is 0.123 e. The van der Waals surface area contributed by atoms with Gasteiger partial charge in [-0.2, -0.15) is 5.26 Å². The summed E-state index contributed by atoms with van der Waals surface area (Å²) in [5.41, 5.74) is 8.74. The second kappa shape index (κ2) is 5.78. The van der Waals surface area contributed by atoms with Crippen LogP contribution < -0.4 is 15.8 Å². The van der Waals surface area contributed by atoms with Gasteiger partial charge in [-0.15, -0.1) is 0 Å². The molecule has 0 fully saturated rings. The zero-order chi connectivity index (χ0) is 13.7. The molecule has 4 heteroatoms. The first-order chi connectivity index (χ1) is 9.21. The fraction of sp³-hybridized carbons (Fsp3) is 0.133. The van der Waals surface area contributed by atoms with Crippen LogP contribution in [0, 0.1) is 11.3 Å². The normalized spacial score (nSPS) is 9.68. The SMILES string of the molecule is CCOc1cc(N)cc(Nc2cccc(C#N)c2)c1. The molecule has 0 bridgehead atoms. The highest BCUT2D eigenvalue weighted by Gasteiger charge is 2.01. The Kier molecular flexibility index (Phi) is 3.89. The van der Waals surface area contributed by atoms with Crippen LogP contribution in [0.25, 0.3) is 0 Å². The molecule has 0 spiro atoms. The molecule has 0 amide bonds. The molecule has 0 atom stereocenters. The Morgan fingerprint density at radius 3 is 2.79 bits per heavy atom. The predicted molar refractivity (Wildman–Crippen MR) is 76.5 cm³/mol. The molecular formula is C15H15N3O. The van der Waals surface area contributed by atoms with Crippen molar-refractivity contribution < 1.29 is 4.74 Å². The van der Waals surface area contributed by atoms with Gasteiger partial charge in [0.25, 0.3) is 0 Å². The van der Waals surface area contributed by atoms with E-state index < -0.39 is 0 Å². The lowest BCUT2D eigenvalue weighted by Gasteiger charge is -2.10. The fourth-order valence-electron chi connectivity index (χ4n) is 1.78. The van der Waals surface area contributed by atoms with Crippen LogP contribution in [0.1, 0.15) is 12.5 Å². The molecule has 0 aromatic heterocycles. The number of nitriles is 1. The Hall–Kier alpha value is -2.67. The Bertz CT molecular complexity index is 617. The maximum absolute atomic E-state index is 8.87. The zero-order valence-corrected chi connectivity index (χ0v) is 10.7. The zero-order valence-electron chi connectivity index (χ0n) is 10.7. The summed E-state index contributed by atoms with van der Waals surface area (Å²) in [6.45, 7) is 2.51. The molecule has 4 nitrogen and oxygen atoms in total. The van der Waals surface area contributed by atoms with E-state index in [-0.39, 0.29) is 0 Å². The molecule has 0 radical (unpaired) electrons. The molecule has 96 valence electrons. The van der Waals surface area contributed by atoms with E-state index >= 15 is 0 Å². The molecule has 3 N–H and O–H groups in total. The molecule has 0 saturated carbocycles. The van der Waals surface area contributed by atoms with Crippen molar-refractivity contribution in [2.45, 2.75) is 6.92 Å². The van der Waals surface area contributed by atoms with E-state index in [0.717, 1.165) is 17.1 Å². The fourth-order valence-corrected chi connectivity index (χ4v) is 1.78. The number of hydrogen-bond acceptors (Lipinski definition) is 4. The lowest BCUT2D eigenvalue weighted by Crippen LogP contribution is -1.97. The van der Waals surface area contributed by atoms with Crippen molar-refractivity contribution in [1.82, 2.24) is 0 Å². The van der Waals surface area contributed by atoms with Gasteiger partial charge in [-0.05, 0) is 31.2 Å². The Labute approximate surface area is 112 Å². The number of benzene rings is 2. The van der Waals surface area contributed by atoms with Crippen molar-refractivity contribution in [2.75, 3.05) is 17.7 Å². The van der Waals surface area contributed by atoms with Crippen molar-refractivity contribution in [2.24, 2.45) is 0 Å². The standard InChI is InChI=1S/C15H15N3O/c1-2-19-15-8-12(17)7-14(9-15)18-13-5-3-4-11(6-13)10-16/h3-9,18H,2,17H2,1H3. The van der Waals surface area contributed by atoms with Crippen LogP contribution in [0.4, 0.5) is 17.1 Å². The van der Waals surface area contributed by atoms with E-state index in [1.54, 1.807) is 18.2 Å². The molecule has 2 rings (SSSR count). The summed E-state index contributed by atoms with van der Waals surface area (Å²) in [6, 6.07) is 14.8. The van der Waals surface area contributed by atoms with Crippen molar-refractivity contribution in [3.8, 4) is 11.8 Å². The number of anilines is 3. The molecule has 0 aliphatic heterocycles. The van der Waals surface area contributed by atoms with Crippen LogP contribution in [0.5, 0.6) is 5.75 Å². The third-order valence-electron chi connectivity index (χ3n) is 2.52. The number of nitrogens with two attached hydrogens (primary N) is 1. The van der Waals surface area contributed by atoms with E-state index in [4.69, 9.17) is 15.7 Å². The minimum Gasteiger partial charge on any atom is -0.494 e. The molecule has 0 heterocycles. The van der Waals surface area contributed by atoms with Crippen LogP contribution in [-0.2, 0) is 0 Å². The topological polar surface area (TPSA) is 71.1 Å². The summed E-state index contributed by atoms with van der Waals surface area (Å²) < 4.78 is 5.44. The minimum atomic E-state index is 0.590. The van der Waals surface area contributed by atoms with E-state index in [9.17, 15) is 0 Å². The van der Waals surface area contributed by atoms with E-state index in [1.165, 1.54) is 0 Å². The van der Waals surface area contributed by atoms with Gasteiger partial charge in [-0.25, -0.2) is 0 Å². The van der Waals surface area contributed by atoms with Crippen LogP contribution in [0.2, 0.25) is 0 Å². The molecule has 0 unspecified atom stereocenters. The monoisotopic (exact) mass is 253 g/mol. The van der Waals surface area contributed by atoms with Gasteiger partial charge in [-0.1, -0.05) is 6.07 Å². The first kappa shape index (κ1) is 12.8. The van der Waals surface area contributed by atoms with Crippen LogP contribution in [0.15, 0.2) is 42.5 Å². The summed E-state index contributed by atoms with van der Waals surface area (Å²) in [4.78, 5) is 0. The maximum atomic E-state index is 8.87. The molecule has 19 heavy (non-hydrogen) atoms. The lowest BCUT2D eigenvalue weighted by molar-refractivity contribution is 0.340. The van der Waals surface area contributed by atoms with Crippen LogP contribution in [0.3, 0.4) is 0 Å². The highest BCUT2D eigenvalue weighted by atomic mass is 16.5. The molecule has 0 aliphatic carbocycles. The Morgan fingerprint density at radius 1 is 1.21 bits per heavy atom. The van der Waals surface area contributed by atoms with Gasteiger partial charge in [0.15, 0.2) is 0 Å². The van der Waals surface area contributed by atoms with Crippen molar-refractivity contribution in [1.29, 1.82) is 5.26 Å². The van der Waals surface area contributed by atoms with Crippen molar-refractivity contribution >= 4 is 17.1 Å². The predicted octanol–water partition coefficient (Wildman–Crippen LogP) is 3.28. The first-order valence-electron chi connectivity index (χ1n) is 6.02. The summed E-state index contributed by atoms with van der Waals surface area (Å²) in [5, 5.41) is 12.1. The van der Waals surface area contributed by atoms with Crippen LogP contribution in [-0.4, -0.2) is 6.61 Å². The molecular weight excluding hydrogens is 238 g/mol. The second-order valence-electron chi connectivity index (χ2n) is 4.04. The minimum absolute atomic E-state index is 0.590. The van der Waals surface area contributed by atoms with Gasteiger partial charge < -0.3 is 15.8 Å². The number of hydrogen-bond donors (Lipinski definition) is 2. The number of ether oxygens (including phenoxy) is 1. The van der Waals surface area contributed by atoms with E-state index in [1.807, 2.05) is 31.2 Å². The molecule has 0 saturated heterocycles. The highest BCUT2D eigenvalue weighted by molar-refractivity contribution is 5.67. The summed E-state index contributed by atoms with van der Waals surface area (Å²) in [7, 11) is 0. The largest absolute Gasteiger partial charge is 0.494 e. The second-order valence-corrected chi connectivity index (χ2v) is 4.04. The van der Waals surface area contributed by atoms with Gasteiger partial charge in [-0.3, -0.25) is 0 Å². The average molecular weight is 253 g/mol. The molecule has 2 aromatic rings. The summed E-state index contributed by atoms with van der Waals surface area (Å²) in [6.07, 6.45) is 0. The molecule has 2 aromatic carbocycles. The van der Waals surface area contributed by atoms with Gasteiger partial charge in [0, 0.05) is 29.2 Å². The van der Waals surface area contributed by atoms with Crippen molar-refractivity contribution in [3.05, 3.63) is 48.0 Å². The first-order valence-corrected chi connectivity index (χ1v) is 6.02. The number of rotatable bonds is 4. The third-order valence-corrected chi connectivity index (χ3v) is 2.52. The summed E-state index contributed by atoms with van der Waals surface area (Å²) in [5.74, 6) is 0.724. The van der Waals surface area contributed by atoms with E-state index in [0.29, 0.717) is 17.9 Å². The van der Waals surface area contributed by atoms with Gasteiger partial charge in [0.1, 0.15) is 5.75 Å². The Balaban J connectivity index is 2.25. The Morgan fingerprint density at radius 2 is 2.05 bits per heavy atom. The van der Waals surface area contributed by atoms with Gasteiger partial charge in [0.05, 0.1) is 18.2 Å². The number of nitrogens with one attached hydrogen (secondary N) is 1. The average Bonchev–Trinajstić information content (AvgIpc) is 2.38. The van der Waals surface area contributed by atoms with Crippen LogP contribution >= 0.6 is 0 Å². The maximum Gasteiger partial charge on any atom is 0.123 e. The lowest BCUT2D eigenvalue weighted by atomic mass is 10.2. The highest BCUT2D eigenvalue weighted by Crippen LogP contribution is 2.25. The number of nitrogen functional groups attached to an aromatic ring is 1. The van der Waals surface area contributed by atoms with Gasteiger partial charge >= 0.3 is 0 Å². The molecule has 0 aliphatic rings. The van der Waals surface area contributed by atoms with Gasteiger partial charge in [0.2, 0.25) is 0 Å². The third kappa shape index (κ3) is 3.39. The van der Waals surface area contributed by atoms with Crippen molar-refractivity contribution in [3.63, 3.8) is 0 Å².